The number of carbonyl (C=O) groups is 1. The first-order valence-electron chi connectivity index (χ1n) is 9.88. The molecule has 3 heterocycles. The van der Waals surface area contributed by atoms with Gasteiger partial charge in [0.05, 0.1) is 25.5 Å². The monoisotopic (exact) mass is 411 g/mol. The summed E-state index contributed by atoms with van der Waals surface area (Å²) >= 11 is 1.54. The Morgan fingerprint density at radius 3 is 2.86 bits per heavy atom. The highest BCUT2D eigenvalue weighted by atomic mass is 32.1. The van der Waals surface area contributed by atoms with E-state index in [0.717, 1.165) is 35.8 Å². The van der Waals surface area contributed by atoms with Crippen molar-refractivity contribution in [3.63, 3.8) is 0 Å². The summed E-state index contributed by atoms with van der Waals surface area (Å²) in [6.07, 6.45) is 5.70. The van der Waals surface area contributed by atoms with Gasteiger partial charge in [-0.05, 0) is 30.5 Å². The van der Waals surface area contributed by atoms with Crippen LogP contribution in [-0.4, -0.2) is 41.6 Å². The van der Waals surface area contributed by atoms with E-state index in [1.165, 1.54) is 0 Å². The van der Waals surface area contributed by atoms with E-state index in [4.69, 9.17) is 9.15 Å². The van der Waals surface area contributed by atoms with Crippen molar-refractivity contribution in [2.75, 3.05) is 19.7 Å². The number of aromatic nitrogens is 1. The number of benzene rings is 1. The lowest BCUT2D eigenvalue weighted by Gasteiger charge is -2.25. The van der Waals surface area contributed by atoms with Crippen molar-refractivity contribution in [3.05, 3.63) is 76.6 Å². The fourth-order valence-corrected chi connectivity index (χ4v) is 4.32. The summed E-state index contributed by atoms with van der Waals surface area (Å²) in [6.45, 7) is 2.36. The normalized spacial score (nSPS) is 17.5. The standard InChI is InChI=1S/C22H25N3O3S/c26-20(24-21(22-23-10-13-29-22)17-6-2-1-3-7-17)16-25(14-18-8-4-11-27-18)15-19-9-5-12-28-19/h1-4,6-8,10-11,13,19,21H,5,9,12,14-16H2,(H,24,26). The summed E-state index contributed by atoms with van der Waals surface area (Å²) in [6, 6.07) is 13.5. The van der Waals surface area contributed by atoms with Crippen LogP contribution in [0, 0.1) is 0 Å². The molecule has 0 radical (unpaired) electrons. The van der Waals surface area contributed by atoms with Gasteiger partial charge in [0.1, 0.15) is 16.8 Å². The molecule has 1 fully saturated rings. The second-order valence-corrected chi connectivity index (χ2v) is 8.09. The predicted molar refractivity (Wildman–Crippen MR) is 112 cm³/mol. The molecule has 1 aromatic carbocycles. The van der Waals surface area contributed by atoms with Gasteiger partial charge in [-0.1, -0.05) is 30.3 Å². The van der Waals surface area contributed by atoms with Gasteiger partial charge in [0.2, 0.25) is 5.91 Å². The third-order valence-corrected chi connectivity index (χ3v) is 5.79. The van der Waals surface area contributed by atoms with Crippen LogP contribution in [-0.2, 0) is 16.1 Å². The summed E-state index contributed by atoms with van der Waals surface area (Å²) in [5.74, 6) is 0.800. The number of rotatable bonds is 9. The Morgan fingerprint density at radius 2 is 2.17 bits per heavy atom. The summed E-state index contributed by atoms with van der Waals surface area (Å²) < 4.78 is 11.3. The Labute approximate surface area is 174 Å². The lowest BCUT2D eigenvalue weighted by atomic mass is 10.1. The molecule has 0 aliphatic carbocycles. The number of carbonyl (C=O) groups excluding carboxylic acids is 1. The minimum atomic E-state index is -0.253. The Morgan fingerprint density at radius 1 is 1.28 bits per heavy atom. The van der Waals surface area contributed by atoms with E-state index in [1.54, 1.807) is 23.8 Å². The van der Waals surface area contributed by atoms with Crippen molar-refractivity contribution in [3.8, 4) is 0 Å². The molecular weight excluding hydrogens is 386 g/mol. The molecule has 1 saturated heterocycles. The third-order valence-electron chi connectivity index (χ3n) is 4.95. The molecule has 0 bridgehead atoms. The number of nitrogens with zero attached hydrogens (tertiary/aromatic N) is 2. The number of ether oxygens (including phenoxy) is 1. The Hall–Kier alpha value is -2.48. The Balaban J connectivity index is 1.45. The zero-order valence-corrected chi connectivity index (χ0v) is 17.0. The van der Waals surface area contributed by atoms with Crippen molar-refractivity contribution < 1.29 is 13.9 Å². The highest BCUT2D eigenvalue weighted by molar-refractivity contribution is 7.09. The average Bonchev–Trinajstić information content (AvgIpc) is 3.50. The number of nitrogens with one attached hydrogen (secondary N) is 1. The molecule has 1 aliphatic heterocycles. The van der Waals surface area contributed by atoms with Crippen LogP contribution in [0.4, 0.5) is 0 Å². The topological polar surface area (TPSA) is 67.6 Å². The molecule has 4 rings (SSSR count). The zero-order chi connectivity index (χ0) is 19.9. The minimum absolute atomic E-state index is 0.0430. The molecule has 29 heavy (non-hydrogen) atoms. The molecule has 3 aromatic rings. The molecule has 1 N–H and O–H groups in total. The average molecular weight is 412 g/mol. The quantitative estimate of drug-likeness (QED) is 0.582. The molecular formula is C22H25N3O3S. The largest absolute Gasteiger partial charge is 0.468 e. The Bertz CT molecular complexity index is 862. The highest BCUT2D eigenvalue weighted by Gasteiger charge is 2.24. The molecule has 2 unspecified atom stereocenters. The maximum absolute atomic E-state index is 13.0. The molecule has 2 atom stereocenters. The van der Waals surface area contributed by atoms with Gasteiger partial charge in [-0.2, -0.15) is 0 Å². The van der Waals surface area contributed by atoms with Crippen LogP contribution in [0.1, 0.15) is 35.2 Å². The van der Waals surface area contributed by atoms with Crippen LogP contribution in [0.25, 0.3) is 0 Å². The van der Waals surface area contributed by atoms with Crippen LogP contribution in [0.15, 0.2) is 64.7 Å². The first-order valence-corrected chi connectivity index (χ1v) is 10.8. The van der Waals surface area contributed by atoms with E-state index in [9.17, 15) is 4.79 Å². The van der Waals surface area contributed by atoms with Gasteiger partial charge < -0.3 is 14.5 Å². The number of hydrogen-bond donors (Lipinski definition) is 1. The van der Waals surface area contributed by atoms with Crippen LogP contribution >= 0.6 is 11.3 Å². The molecule has 1 aliphatic rings. The van der Waals surface area contributed by atoms with Gasteiger partial charge in [-0.25, -0.2) is 4.98 Å². The van der Waals surface area contributed by atoms with Crippen molar-refractivity contribution in [2.24, 2.45) is 0 Å². The lowest BCUT2D eigenvalue weighted by Crippen LogP contribution is -2.41. The summed E-state index contributed by atoms with van der Waals surface area (Å²) in [5, 5.41) is 5.97. The van der Waals surface area contributed by atoms with E-state index in [1.807, 2.05) is 47.8 Å². The molecule has 152 valence electrons. The lowest BCUT2D eigenvalue weighted by molar-refractivity contribution is -0.123. The van der Waals surface area contributed by atoms with E-state index >= 15 is 0 Å². The van der Waals surface area contributed by atoms with Crippen LogP contribution in [0.5, 0.6) is 0 Å². The first kappa shape index (κ1) is 19.8. The molecule has 1 amide bonds. The summed E-state index contributed by atoms with van der Waals surface area (Å²) in [5.41, 5.74) is 1.02. The molecule has 2 aromatic heterocycles. The first-order chi connectivity index (χ1) is 14.3. The third kappa shape index (κ3) is 5.53. The second kappa shape index (κ2) is 9.82. The van der Waals surface area contributed by atoms with Crippen molar-refractivity contribution in [2.45, 2.75) is 31.5 Å². The van der Waals surface area contributed by atoms with E-state index in [-0.39, 0.29) is 24.6 Å². The van der Waals surface area contributed by atoms with Gasteiger partial charge in [-0.3, -0.25) is 9.69 Å². The van der Waals surface area contributed by atoms with Crippen molar-refractivity contribution in [1.29, 1.82) is 0 Å². The number of furan rings is 1. The van der Waals surface area contributed by atoms with Gasteiger partial charge >= 0.3 is 0 Å². The number of thiazole rings is 1. The second-order valence-electron chi connectivity index (χ2n) is 7.17. The smallest absolute Gasteiger partial charge is 0.235 e. The number of amides is 1. The molecule has 0 saturated carbocycles. The highest BCUT2D eigenvalue weighted by Crippen LogP contribution is 2.24. The number of hydrogen-bond acceptors (Lipinski definition) is 6. The van der Waals surface area contributed by atoms with Gasteiger partial charge in [0.25, 0.3) is 0 Å². The summed E-state index contributed by atoms with van der Waals surface area (Å²) in [7, 11) is 0. The van der Waals surface area contributed by atoms with Gasteiger partial charge in [0.15, 0.2) is 0 Å². The SMILES string of the molecule is O=C(CN(Cc1ccco1)CC1CCCO1)NC(c1ccccc1)c1nccs1. The van der Waals surface area contributed by atoms with E-state index in [0.29, 0.717) is 13.1 Å². The predicted octanol–water partition coefficient (Wildman–Crippen LogP) is 3.62. The van der Waals surface area contributed by atoms with Gasteiger partial charge in [0, 0.05) is 24.7 Å². The zero-order valence-electron chi connectivity index (χ0n) is 16.2. The molecule has 0 spiro atoms. The maximum Gasteiger partial charge on any atom is 0.235 e. The molecule has 7 heteroatoms. The Kier molecular flexibility index (Phi) is 6.71. The summed E-state index contributed by atoms with van der Waals surface area (Å²) in [4.78, 5) is 19.5. The molecule has 6 nitrogen and oxygen atoms in total. The maximum atomic E-state index is 13.0. The van der Waals surface area contributed by atoms with Crippen LogP contribution < -0.4 is 5.32 Å². The minimum Gasteiger partial charge on any atom is -0.468 e. The van der Waals surface area contributed by atoms with Gasteiger partial charge in [-0.15, -0.1) is 11.3 Å². The fourth-order valence-electron chi connectivity index (χ4n) is 3.60. The fraction of sp³-hybridized carbons (Fsp3) is 0.364. The van der Waals surface area contributed by atoms with Crippen molar-refractivity contribution in [1.82, 2.24) is 15.2 Å². The van der Waals surface area contributed by atoms with Crippen LogP contribution in [0.2, 0.25) is 0 Å². The van der Waals surface area contributed by atoms with Crippen molar-refractivity contribution >= 4 is 17.2 Å². The van der Waals surface area contributed by atoms with E-state index in [2.05, 4.69) is 15.2 Å². The van der Waals surface area contributed by atoms with E-state index < -0.39 is 0 Å². The van der Waals surface area contributed by atoms with Crippen LogP contribution in [0.3, 0.4) is 0 Å².